The van der Waals surface area contributed by atoms with E-state index in [2.05, 4.69) is 11.1 Å². The van der Waals surface area contributed by atoms with E-state index >= 15 is 0 Å². The van der Waals surface area contributed by atoms with Crippen LogP contribution in [0.5, 0.6) is 0 Å². The van der Waals surface area contributed by atoms with Crippen molar-refractivity contribution in [2.45, 2.75) is 0 Å². The van der Waals surface area contributed by atoms with Crippen LogP contribution in [0.1, 0.15) is 0 Å². The molecule has 0 spiro atoms. The molecule has 69 valence electrons. The molecule has 1 aromatic carbocycles. The van der Waals surface area contributed by atoms with E-state index in [1.807, 2.05) is 18.2 Å². The summed E-state index contributed by atoms with van der Waals surface area (Å²) in [6.45, 7) is 0. The Hall–Kier alpha value is -1.41. The molecule has 0 atom stereocenters. The van der Waals surface area contributed by atoms with Crippen LogP contribution in [-0.4, -0.2) is 4.98 Å². The molecule has 0 N–H and O–H groups in total. The number of rotatable bonds is 1. The molecule has 3 heteroatoms. The summed E-state index contributed by atoms with van der Waals surface area (Å²) < 4.78 is 12.8. The van der Waals surface area contributed by atoms with Crippen LogP contribution in [0.3, 0.4) is 0 Å². The first-order chi connectivity index (χ1) is 6.77. The van der Waals surface area contributed by atoms with Crippen molar-refractivity contribution >= 4 is 11.6 Å². The number of halogens is 2. The molecule has 0 aliphatic rings. The van der Waals surface area contributed by atoms with Crippen molar-refractivity contribution in [2.75, 3.05) is 0 Å². The van der Waals surface area contributed by atoms with Crippen LogP contribution in [0.25, 0.3) is 11.1 Å². The Morgan fingerprint density at radius 2 is 2.00 bits per heavy atom. The van der Waals surface area contributed by atoms with Gasteiger partial charge in [-0.15, -0.1) is 0 Å². The molecule has 0 aliphatic heterocycles. The highest BCUT2D eigenvalue weighted by Crippen LogP contribution is 2.26. The second-order valence-electron chi connectivity index (χ2n) is 2.75. The second-order valence-corrected chi connectivity index (χ2v) is 3.16. The Bertz CT molecular complexity index is 457. The van der Waals surface area contributed by atoms with Crippen molar-refractivity contribution in [3.05, 3.63) is 53.6 Å². The van der Waals surface area contributed by atoms with Gasteiger partial charge in [0.2, 0.25) is 5.95 Å². The van der Waals surface area contributed by atoms with Gasteiger partial charge in [-0.3, -0.25) is 0 Å². The Balaban J connectivity index is 2.55. The van der Waals surface area contributed by atoms with Crippen molar-refractivity contribution in [1.82, 2.24) is 4.98 Å². The summed E-state index contributed by atoms with van der Waals surface area (Å²) in [7, 11) is 0. The molecule has 1 heterocycles. The molecule has 0 fully saturated rings. The maximum absolute atomic E-state index is 12.8. The molecule has 14 heavy (non-hydrogen) atoms. The quantitative estimate of drug-likeness (QED) is 0.653. The Labute approximate surface area is 86.2 Å². The third-order valence-electron chi connectivity index (χ3n) is 1.83. The van der Waals surface area contributed by atoms with E-state index in [1.165, 1.54) is 6.20 Å². The van der Waals surface area contributed by atoms with Gasteiger partial charge in [0.05, 0.1) is 0 Å². The van der Waals surface area contributed by atoms with Gasteiger partial charge in [-0.25, -0.2) is 4.98 Å². The molecule has 0 aliphatic carbocycles. The number of aromatic nitrogens is 1. The number of hydrogen-bond donors (Lipinski definition) is 0. The molecule has 1 nitrogen and oxygen atoms in total. The van der Waals surface area contributed by atoms with Crippen molar-refractivity contribution in [3.63, 3.8) is 0 Å². The Morgan fingerprint density at radius 1 is 1.21 bits per heavy atom. The lowest BCUT2D eigenvalue weighted by atomic mass is 10.1. The number of nitrogens with zero attached hydrogens (tertiary/aromatic N) is 1. The lowest BCUT2D eigenvalue weighted by Crippen LogP contribution is -1.85. The first-order valence-electron chi connectivity index (χ1n) is 4.06. The summed E-state index contributed by atoms with van der Waals surface area (Å²) in [5.74, 6) is -0.623. The molecular formula is C11H6ClFN. The minimum absolute atomic E-state index is 0.578. The van der Waals surface area contributed by atoms with E-state index in [-0.39, 0.29) is 0 Å². The minimum atomic E-state index is -0.623. The van der Waals surface area contributed by atoms with Gasteiger partial charge in [0.15, 0.2) is 0 Å². The van der Waals surface area contributed by atoms with Crippen LogP contribution in [-0.2, 0) is 0 Å². The summed E-state index contributed by atoms with van der Waals surface area (Å²) in [5, 5.41) is 0.578. The lowest BCUT2D eigenvalue weighted by Gasteiger charge is -2.02. The topological polar surface area (TPSA) is 12.9 Å². The maximum atomic E-state index is 12.8. The molecule has 0 bridgehead atoms. The standard InChI is InChI=1S/C11H6ClFN/c12-10-4-2-1-3-9(10)8-5-6-14-11(13)7-8/h1-6H. The lowest BCUT2D eigenvalue weighted by molar-refractivity contribution is 0.582. The maximum Gasteiger partial charge on any atom is 0.221 e. The Kier molecular flexibility index (Phi) is 2.46. The number of pyridine rings is 1. The predicted octanol–water partition coefficient (Wildman–Crippen LogP) is 3.34. The van der Waals surface area contributed by atoms with E-state index in [4.69, 9.17) is 11.6 Å². The van der Waals surface area contributed by atoms with E-state index in [9.17, 15) is 4.39 Å². The largest absolute Gasteiger partial charge is 0.228 e. The van der Waals surface area contributed by atoms with Gasteiger partial charge >= 0.3 is 0 Å². The van der Waals surface area contributed by atoms with Crippen LogP contribution in [0.2, 0.25) is 5.02 Å². The van der Waals surface area contributed by atoms with Crippen LogP contribution in [0, 0.1) is 12.0 Å². The SMILES string of the molecule is Fc1[c]c(-c2ccccc2Cl)ccn1. The number of hydrogen-bond acceptors (Lipinski definition) is 1. The molecular weight excluding hydrogens is 201 g/mol. The van der Waals surface area contributed by atoms with Crippen LogP contribution in [0.4, 0.5) is 4.39 Å². The zero-order valence-electron chi connectivity index (χ0n) is 7.17. The van der Waals surface area contributed by atoms with E-state index in [0.29, 0.717) is 10.6 Å². The van der Waals surface area contributed by atoms with Gasteiger partial charge in [0, 0.05) is 22.8 Å². The Morgan fingerprint density at radius 3 is 2.71 bits per heavy atom. The van der Waals surface area contributed by atoms with Gasteiger partial charge in [-0.2, -0.15) is 4.39 Å². The van der Waals surface area contributed by atoms with Crippen LogP contribution in [0.15, 0.2) is 36.5 Å². The minimum Gasteiger partial charge on any atom is -0.228 e. The summed E-state index contributed by atoms with van der Waals surface area (Å²) in [5.41, 5.74) is 1.37. The third kappa shape index (κ3) is 1.75. The molecule has 1 radical (unpaired) electrons. The molecule has 0 unspecified atom stereocenters. The van der Waals surface area contributed by atoms with Crippen molar-refractivity contribution in [1.29, 1.82) is 0 Å². The molecule has 2 rings (SSSR count). The molecule has 0 amide bonds. The molecule has 0 saturated carbocycles. The van der Waals surface area contributed by atoms with E-state index in [0.717, 1.165) is 5.56 Å². The fraction of sp³-hybridized carbons (Fsp3) is 0. The smallest absolute Gasteiger partial charge is 0.221 e. The van der Waals surface area contributed by atoms with E-state index in [1.54, 1.807) is 12.1 Å². The van der Waals surface area contributed by atoms with E-state index < -0.39 is 5.95 Å². The van der Waals surface area contributed by atoms with Gasteiger partial charge in [-0.05, 0) is 17.7 Å². The number of benzene rings is 1. The summed E-state index contributed by atoms with van der Waals surface area (Å²) >= 11 is 5.95. The fourth-order valence-corrected chi connectivity index (χ4v) is 1.44. The zero-order valence-corrected chi connectivity index (χ0v) is 7.92. The van der Waals surface area contributed by atoms with Gasteiger partial charge < -0.3 is 0 Å². The molecule has 2 aromatic rings. The molecule has 1 aromatic heterocycles. The van der Waals surface area contributed by atoms with Crippen molar-refractivity contribution < 1.29 is 4.39 Å². The summed E-state index contributed by atoms with van der Waals surface area (Å²) in [4.78, 5) is 3.43. The first-order valence-corrected chi connectivity index (χ1v) is 4.44. The highest BCUT2D eigenvalue weighted by molar-refractivity contribution is 6.33. The molecule has 0 saturated heterocycles. The zero-order chi connectivity index (χ0) is 9.97. The average Bonchev–Trinajstić information content (AvgIpc) is 2.18. The highest BCUT2D eigenvalue weighted by Gasteiger charge is 2.03. The van der Waals surface area contributed by atoms with Crippen LogP contribution >= 0.6 is 11.6 Å². The van der Waals surface area contributed by atoms with Gasteiger partial charge in [0.1, 0.15) is 0 Å². The normalized spacial score (nSPS) is 10.1. The van der Waals surface area contributed by atoms with Crippen molar-refractivity contribution in [3.8, 4) is 11.1 Å². The third-order valence-corrected chi connectivity index (χ3v) is 2.16. The van der Waals surface area contributed by atoms with Gasteiger partial charge in [-0.1, -0.05) is 29.8 Å². The summed E-state index contributed by atoms with van der Waals surface area (Å²) in [6.07, 6.45) is 1.39. The average molecular weight is 207 g/mol. The predicted molar refractivity (Wildman–Crippen MR) is 53.5 cm³/mol. The summed E-state index contributed by atoms with van der Waals surface area (Å²) in [6, 6.07) is 11.4. The first kappa shape index (κ1) is 9.16. The second kappa shape index (κ2) is 3.76. The van der Waals surface area contributed by atoms with Crippen molar-refractivity contribution in [2.24, 2.45) is 0 Å². The van der Waals surface area contributed by atoms with Crippen LogP contribution < -0.4 is 0 Å². The van der Waals surface area contributed by atoms with Gasteiger partial charge in [0.25, 0.3) is 0 Å². The monoisotopic (exact) mass is 206 g/mol. The highest BCUT2D eigenvalue weighted by atomic mass is 35.5. The fourth-order valence-electron chi connectivity index (χ4n) is 1.20.